The lowest BCUT2D eigenvalue weighted by atomic mass is 10.0. The van der Waals surface area contributed by atoms with Gasteiger partial charge in [0.25, 0.3) is 0 Å². The Balaban J connectivity index is 1.65. The van der Waals surface area contributed by atoms with Crippen LogP contribution in [-0.2, 0) is 0 Å². The molecule has 1 heterocycles. The van der Waals surface area contributed by atoms with E-state index in [1.54, 1.807) is 13.3 Å². The second kappa shape index (κ2) is 7.64. The van der Waals surface area contributed by atoms with Gasteiger partial charge in [0.15, 0.2) is 5.11 Å². The van der Waals surface area contributed by atoms with Crippen LogP contribution < -0.4 is 15.4 Å². The zero-order valence-corrected chi connectivity index (χ0v) is 12.7. The van der Waals surface area contributed by atoms with E-state index in [4.69, 9.17) is 17.0 Å². The summed E-state index contributed by atoms with van der Waals surface area (Å²) in [7, 11) is 1.64. The summed E-state index contributed by atoms with van der Waals surface area (Å²) in [6.07, 6.45) is 5.01. The fraction of sp³-hybridized carbons (Fsp3) is 0.333. The molecule has 0 radical (unpaired) electrons. The van der Waals surface area contributed by atoms with Crippen molar-refractivity contribution in [1.82, 2.24) is 5.32 Å². The maximum absolute atomic E-state index is 9.50. The number of benzene rings is 1. The van der Waals surface area contributed by atoms with Gasteiger partial charge in [0.1, 0.15) is 11.5 Å². The summed E-state index contributed by atoms with van der Waals surface area (Å²) >= 11 is 5.23. The van der Waals surface area contributed by atoms with Crippen molar-refractivity contribution in [1.29, 1.82) is 0 Å². The van der Waals surface area contributed by atoms with Crippen LogP contribution in [0.2, 0.25) is 0 Å². The zero-order chi connectivity index (χ0) is 15.1. The summed E-state index contributed by atoms with van der Waals surface area (Å²) in [5.41, 5.74) is 0.914. The third-order valence-corrected chi connectivity index (χ3v) is 3.42. The normalized spacial score (nSPS) is 16.4. The van der Waals surface area contributed by atoms with Gasteiger partial charge in [0, 0.05) is 18.4 Å². The number of anilines is 1. The molecule has 0 saturated heterocycles. The quantitative estimate of drug-likeness (QED) is 0.557. The van der Waals surface area contributed by atoms with E-state index in [-0.39, 0.29) is 5.92 Å². The Morgan fingerprint density at radius 2 is 2.14 bits per heavy atom. The molecule has 6 heteroatoms. The molecule has 1 aliphatic rings. The summed E-state index contributed by atoms with van der Waals surface area (Å²) in [6.45, 7) is 0.750. The Bertz CT molecular complexity index is 540. The van der Waals surface area contributed by atoms with Crippen LogP contribution in [0.1, 0.15) is 12.8 Å². The lowest BCUT2D eigenvalue weighted by molar-refractivity contribution is 0.360. The van der Waals surface area contributed by atoms with Gasteiger partial charge >= 0.3 is 0 Å². The molecule has 0 fully saturated rings. The maximum Gasteiger partial charge on any atom is 0.170 e. The van der Waals surface area contributed by atoms with Crippen molar-refractivity contribution < 1.29 is 9.84 Å². The van der Waals surface area contributed by atoms with E-state index in [9.17, 15) is 5.11 Å². The second-order valence-corrected chi connectivity index (χ2v) is 5.12. The first-order chi connectivity index (χ1) is 10.2. The van der Waals surface area contributed by atoms with E-state index in [0.717, 1.165) is 30.8 Å². The minimum atomic E-state index is 0.0509. The molecule has 3 N–H and O–H groups in total. The zero-order valence-electron chi connectivity index (χ0n) is 11.9. The molecule has 21 heavy (non-hydrogen) atoms. The molecule has 0 spiro atoms. The average molecular weight is 305 g/mol. The summed E-state index contributed by atoms with van der Waals surface area (Å²) < 4.78 is 5.10. The molecule has 0 saturated carbocycles. The van der Waals surface area contributed by atoms with Crippen LogP contribution in [0.25, 0.3) is 0 Å². The number of methoxy groups -OCH3 is 1. The topological polar surface area (TPSA) is 65.9 Å². The van der Waals surface area contributed by atoms with E-state index < -0.39 is 0 Å². The van der Waals surface area contributed by atoms with E-state index in [1.807, 2.05) is 24.3 Å². The number of thiocarbonyl (C=S) groups is 1. The van der Waals surface area contributed by atoms with Crippen LogP contribution in [-0.4, -0.2) is 30.1 Å². The van der Waals surface area contributed by atoms with Crippen LogP contribution in [0, 0.1) is 5.92 Å². The molecule has 1 aromatic carbocycles. The van der Waals surface area contributed by atoms with Crippen LogP contribution in [0.15, 0.2) is 41.2 Å². The molecule has 112 valence electrons. The second-order valence-electron chi connectivity index (χ2n) is 4.71. The van der Waals surface area contributed by atoms with Crippen molar-refractivity contribution in [2.45, 2.75) is 12.8 Å². The number of allylic oxidation sites excluding steroid dienone is 1. The third kappa shape index (κ3) is 4.75. The van der Waals surface area contributed by atoms with Crippen LogP contribution in [0.4, 0.5) is 5.69 Å². The summed E-state index contributed by atoms with van der Waals surface area (Å²) in [5, 5.41) is 16.3. The van der Waals surface area contributed by atoms with Crippen LogP contribution >= 0.6 is 12.2 Å². The Labute approximate surface area is 129 Å². The number of ether oxygens (including phenoxy) is 1. The molecule has 0 bridgehead atoms. The Kier molecular flexibility index (Phi) is 5.57. The number of hydrogen-bond donors (Lipinski definition) is 3. The highest BCUT2D eigenvalue weighted by molar-refractivity contribution is 7.80. The number of aliphatic imine (C=N–C) groups is 1. The first-order valence-electron chi connectivity index (χ1n) is 6.80. The van der Waals surface area contributed by atoms with Gasteiger partial charge in [-0.3, -0.25) is 4.99 Å². The highest BCUT2D eigenvalue weighted by atomic mass is 32.1. The fourth-order valence-corrected chi connectivity index (χ4v) is 2.21. The highest BCUT2D eigenvalue weighted by Crippen LogP contribution is 2.17. The van der Waals surface area contributed by atoms with Crippen molar-refractivity contribution in [2.75, 3.05) is 19.0 Å². The van der Waals surface area contributed by atoms with E-state index in [0.29, 0.717) is 10.9 Å². The fourth-order valence-electron chi connectivity index (χ4n) is 1.99. The van der Waals surface area contributed by atoms with E-state index >= 15 is 0 Å². The van der Waals surface area contributed by atoms with E-state index in [2.05, 4.69) is 15.6 Å². The molecule has 0 aliphatic carbocycles. The predicted molar refractivity (Wildman–Crippen MR) is 89.1 cm³/mol. The molecular formula is C15H19N3O2S. The molecule has 0 amide bonds. The Morgan fingerprint density at radius 3 is 2.76 bits per heavy atom. The number of hydrogen-bond acceptors (Lipinski definition) is 4. The average Bonchev–Trinajstić information content (AvgIpc) is 2.90. The van der Waals surface area contributed by atoms with Crippen molar-refractivity contribution in [3.05, 3.63) is 36.2 Å². The largest absolute Gasteiger partial charge is 0.510 e. The summed E-state index contributed by atoms with van der Waals surface area (Å²) in [4.78, 5) is 3.92. The van der Waals surface area contributed by atoms with Gasteiger partial charge in [-0.2, -0.15) is 0 Å². The van der Waals surface area contributed by atoms with Gasteiger partial charge in [-0.1, -0.05) is 0 Å². The number of nitrogens with zero attached hydrogens (tertiary/aromatic N) is 1. The van der Waals surface area contributed by atoms with Gasteiger partial charge in [-0.05, 0) is 49.3 Å². The monoisotopic (exact) mass is 305 g/mol. The van der Waals surface area contributed by atoms with Crippen molar-refractivity contribution in [2.24, 2.45) is 10.9 Å². The lowest BCUT2D eigenvalue weighted by Gasteiger charge is -2.12. The molecule has 0 unspecified atom stereocenters. The van der Waals surface area contributed by atoms with Crippen molar-refractivity contribution in [3.63, 3.8) is 0 Å². The molecule has 1 aliphatic heterocycles. The van der Waals surface area contributed by atoms with Gasteiger partial charge in [0.2, 0.25) is 0 Å². The molecular weight excluding hydrogens is 286 g/mol. The van der Waals surface area contributed by atoms with Crippen molar-refractivity contribution >= 4 is 29.2 Å². The van der Waals surface area contributed by atoms with Crippen LogP contribution in [0.5, 0.6) is 5.75 Å². The van der Waals surface area contributed by atoms with Gasteiger partial charge in [0.05, 0.1) is 19.2 Å². The Hall–Kier alpha value is -2.08. The smallest absolute Gasteiger partial charge is 0.170 e. The summed E-state index contributed by atoms with van der Waals surface area (Å²) in [5.74, 6) is 1.20. The van der Waals surface area contributed by atoms with Crippen LogP contribution in [0.3, 0.4) is 0 Å². The molecule has 5 nitrogen and oxygen atoms in total. The van der Waals surface area contributed by atoms with Gasteiger partial charge in [-0.25, -0.2) is 0 Å². The molecule has 0 aromatic heterocycles. The molecule has 1 aromatic rings. The third-order valence-electron chi connectivity index (χ3n) is 3.18. The van der Waals surface area contributed by atoms with Crippen molar-refractivity contribution in [3.8, 4) is 5.75 Å². The molecule has 1 atom stereocenters. The minimum Gasteiger partial charge on any atom is -0.510 e. The summed E-state index contributed by atoms with van der Waals surface area (Å²) in [6, 6.07) is 7.56. The number of rotatable bonds is 6. The maximum atomic E-state index is 9.50. The first-order valence-corrected chi connectivity index (χ1v) is 7.21. The van der Waals surface area contributed by atoms with E-state index in [1.165, 1.54) is 6.20 Å². The number of aliphatic hydroxyl groups excluding tert-OH is 1. The Morgan fingerprint density at radius 1 is 1.38 bits per heavy atom. The standard InChI is InChI=1S/C15H19N3O2S/c1-20-13-6-4-12(5-7-13)18-15(21)17-8-2-3-11-9-16-10-14(11)19/h4-7,9-11,19H,2-3,8H2,1H3,(H2,17,18,21)/t11-/m1/s1. The number of nitrogens with one attached hydrogen (secondary N) is 2. The lowest BCUT2D eigenvalue weighted by Crippen LogP contribution is -2.29. The number of aliphatic hydroxyl groups is 1. The highest BCUT2D eigenvalue weighted by Gasteiger charge is 2.14. The van der Waals surface area contributed by atoms with Gasteiger partial charge in [-0.15, -0.1) is 0 Å². The predicted octanol–water partition coefficient (Wildman–Crippen LogP) is 2.86. The molecule has 2 rings (SSSR count). The first kappa shape index (κ1) is 15.3. The van der Waals surface area contributed by atoms with Gasteiger partial charge < -0.3 is 20.5 Å². The minimum absolute atomic E-state index is 0.0509. The SMILES string of the molecule is COc1ccc(NC(=S)NCCC[C@@H]2C=NC=C2O)cc1.